The molecular formula is C12H14N2O3. The van der Waals surface area contributed by atoms with Crippen LogP contribution in [0.1, 0.15) is 12.5 Å². The fourth-order valence-electron chi connectivity index (χ4n) is 1.23. The average Bonchev–Trinajstić information content (AvgIpc) is 2.34. The summed E-state index contributed by atoms with van der Waals surface area (Å²) < 4.78 is 0. The fourth-order valence-corrected chi connectivity index (χ4v) is 1.23. The van der Waals surface area contributed by atoms with Gasteiger partial charge in [-0.25, -0.2) is 4.99 Å². The molecule has 0 saturated heterocycles. The molecule has 0 aromatic heterocycles. The van der Waals surface area contributed by atoms with Crippen LogP contribution in [-0.4, -0.2) is 29.2 Å². The molecule has 2 amide bonds. The minimum atomic E-state index is -0.555. The van der Waals surface area contributed by atoms with Gasteiger partial charge in [0.2, 0.25) is 5.91 Å². The number of hydrogen-bond acceptors (Lipinski definition) is 3. The van der Waals surface area contributed by atoms with Gasteiger partial charge in [0.05, 0.1) is 6.61 Å². The highest BCUT2D eigenvalue weighted by Crippen LogP contribution is 1.97. The summed E-state index contributed by atoms with van der Waals surface area (Å²) in [6.07, 6.45) is 0. The summed E-state index contributed by atoms with van der Waals surface area (Å²) in [7, 11) is 0. The molecule has 0 unspecified atom stereocenters. The lowest BCUT2D eigenvalue weighted by molar-refractivity contribution is -0.117. The van der Waals surface area contributed by atoms with E-state index in [1.54, 1.807) is 0 Å². The van der Waals surface area contributed by atoms with Gasteiger partial charge in [-0.3, -0.25) is 9.59 Å². The maximum absolute atomic E-state index is 11.5. The predicted octanol–water partition coefficient (Wildman–Crippen LogP) is 0.283. The largest absolute Gasteiger partial charge is 0.390 e. The van der Waals surface area contributed by atoms with Gasteiger partial charge in [-0.05, 0) is 5.56 Å². The van der Waals surface area contributed by atoms with Gasteiger partial charge in [0.15, 0.2) is 0 Å². The molecule has 1 aromatic rings. The van der Waals surface area contributed by atoms with Crippen LogP contribution >= 0.6 is 0 Å². The van der Waals surface area contributed by atoms with Gasteiger partial charge in [0, 0.05) is 13.5 Å². The van der Waals surface area contributed by atoms with E-state index in [1.165, 1.54) is 6.92 Å². The Bertz CT molecular complexity index is 427. The van der Waals surface area contributed by atoms with Gasteiger partial charge < -0.3 is 10.4 Å². The van der Waals surface area contributed by atoms with Crippen LogP contribution in [0.4, 0.5) is 0 Å². The molecule has 0 spiro atoms. The number of nitrogens with zero attached hydrogens (tertiary/aromatic N) is 1. The molecule has 0 aliphatic rings. The topological polar surface area (TPSA) is 78.8 Å². The van der Waals surface area contributed by atoms with Crippen molar-refractivity contribution in [2.75, 3.05) is 6.61 Å². The maximum atomic E-state index is 11.5. The lowest BCUT2D eigenvalue weighted by Crippen LogP contribution is -2.33. The Hall–Kier alpha value is -2.01. The Morgan fingerprint density at radius 1 is 1.29 bits per heavy atom. The highest BCUT2D eigenvalue weighted by molar-refractivity contribution is 6.40. The molecule has 5 heteroatoms. The Morgan fingerprint density at radius 2 is 1.94 bits per heavy atom. The van der Waals surface area contributed by atoms with Gasteiger partial charge >= 0.3 is 0 Å². The third-order valence-corrected chi connectivity index (χ3v) is 2.00. The molecule has 0 bridgehead atoms. The summed E-state index contributed by atoms with van der Waals surface area (Å²) in [5.41, 5.74) is 0.759. The van der Waals surface area contributed by atoms with Crippen LogP contribution in [-0.2, 0) is 16.1 Å². The van der Waals surface area contributed by atoms with Crippen molar-refractivity contribution in [1.29, 1.82) is 0 Å². The molecule has 1 rings (SSSR count). The SMILES string of the molecule is CC(=O)N=C(CO)C(=O)NCc1ccccc1. The van der Waals surface area contributed by atoms with Gasteiger partial charge in [0.25, 0.3) is 5.91 Å². The summed E-state index contributed by atoms with van der Waals surface area (Å²) in [5.74, 6) is -1.05. The number of amides is 2. The van der Waals surface area contributed by atoms with Crippen molar-refractivity contribution in [3.63, 3.8) is 0 Å². The third-order valence-electron chi connectivity index (χ3n) is 2.00. The normalized spacial score (nSPS) is 11.1. The molecular weight excluding hydrogens is 220 g/mol. The molecule has 2 N–H and O–H groups in total. The van der Waals surface area contributed by atoms with E-state index in [0.29, 0.717) is 6.54 Å². The van der Waals surface area contributed by atoms with E-state index in [9.17, 15) is 9.59 Å². The number of aliphatic imine (C=N–C) groups is 1. The summed E-state index contributed by atoms with van der Waals surface area (Å²) in [6.45, 7) is 0.997. The molecule has 5 nitrogen and oxygen atoms in total. The summed E-state index contributed by atoms with van der Waals surface area (Å²) in [4.78, 5) is 25.7. The van der Waals surface area contributed by atoms with Gasteiger partial charge in [-0.15, -0.1) is 0 Å². The highest BCUT2D eigenvalue weighted by atomic mass is 16.3. The van der Waals surface area contributed by atoms with Gasteiger partial charge in [-0.1, -0.05) is 30.3 Å². The molecule has 0 saturated carbocycles. The summed E-state index contributed by atoms with van der Waals surface area (Å²) >= 11 is 0. The molecule has 17 heavy (non-hydrogen) atoms. The zero-order chi connectivity index (χ0) is 12.7. The van der Waals surface area contributed by atoms with Gasteiger partial charge in [0.1, 0.15) is 5.71 Å². The minimum Gasteiger partial charge on any atom is -0.390 e. The van der Waals surface area contributed by atoms with Crippen molar-refractivity contribution in [2.45, 2.75) is 13.5 Å². The fraction of sp³-hybridized carbons (Fsp3) is 0.250. The lowest BCUT2D eigenvalue weighted by atomic mass is 10.2. The maximum Gasteiger partial charge on any atom is 0.268 e. The standard InChI is InChI=1S/C12H14N2O3/c1-9(16)14-11(8-15)12(17)13-7-10-5-3-2-4-6-10/h2-6,15H,7-8H2,1H3,(H,13,17). The Labute approximate surface area is 99.2 Å². The zero-order valence-electron chi connectivity index (χ0n) is 9.51. The number of nitrogens with one attached hydrogen (secondary N) is 1. The second kappa shape index (κ2) is 6.55. The Balaban J connectivity index is 2.57. The van der Waals surface area contributed by atoms with E-state index in [0.717, 1.165) is 5.56 Å². The number of benzene rings is 1. The second-order valence-corrected chi connectivity index (χ2v) is 3.40. The number of carbonyl (C=O) groups is 2. The molecule has 0 fully saturated rings. The monoisotopic (exact) mass is 234 g/mol. The number of aliphatic hydroxyl groups is 1. The van der Waals surface area contributed by atoms with E-state index in [1.807, 2.05) is 30.3 Å². The second-order valence-electron chi connectivity index (χ2n) is 3.40. The van der Waals surface area contributed by atoms with Crippen LogP contribution in [0.5, 0.6) is 0 Å². The van der Waals surface area contributed by atoms with Crippen LogP contribution in [0.15, 0.2) is 35.3 Å². The van der Waals surface area contributed by atoms with E-state index in [4.69, 9.17) is 5.11 Å². The summed E-state index contributed by atoms with van der Waals surface area (Å²) in [6, 6.07) is 9.32. The van der Waals surface area contributed by atoms with Crippen LogP contribution in [0.25, 0.3) is 0 Å². The first-order chi connectivity index (χ1) is 8.13. The van der Waals surface area contributed by atoms with Crippen molar-refractivity contribution in [3.8, 4) is 0 Å². The molecule has 0 atom stereocenters. The van der Waals surface area contributed by atoms with Crippen molar-refractivity contribution in [1.82, 2.24) is 5.32 Å². The number of rotatable bonds is 4. The molecule has 0 aliphatic heterocycles. The molecule has 1 aromatic carbocycles. The van der Waals surface area contributed by atoms with Crippen LogP contribution in [0.3, 0.4) is 0 Å². The van der Waals surface area contributed by atoms with Crippen LogP contribution in [0.2, 0.25) is 0 Å². The molecule has 0 radical (unpaired) electrons. The number of carbonyl (C=O) groups excluding carboxylic acids is 2. The van der Waals surface area contributed by atoms with Crippen molar-refractivity contribution in [2.24, 2.45) is 4.99 Å². The predicted molar refractivity (Wildman–Crippen MR) is 63.5 cm³/mol. The first kappa shape index (κ1) is 13.1. The van der Waals surface area contributed by atoms with Crippen LogP contribution in [0, 0.1) is 0 Å². The number of aliphatic hydroxyl groups excluding tert-OH is 1. The first-order valence-electron chi connectivity index (χ1n) is 5.14. The smallest absolute Gasteiger partial charge is 0.268 e. The quantitative estimate of drug-likeness (QED) is 0.734. The average molecular weight is 234 g/mol. The first-order valence-corrected chi connectivity index (χ1v) is 5.14. The van der Waals surface area contributed by atoms with E-state index in [2.05, 4.69) is 10.3 Å². The van der Waals surface area contributed by atoms with E-state index in [-0.39, 0.29) is 5.71 Å². The summed E-state index contributed by atoms with van der Waals surface area (Å²) in [5, 5.41) is 11.5. The minimum absolute atomic E-state index is 0.173. The lowest BCUT2D eigenvalue weighted by Gasteiger charge is -2.05. The van der Waals surface area contributed by atoms with E-state index >= 15 is 0 Å². The molecule has 90 valence electrons. The van der Waals surface area contributed by atoms with Crippen molar-refractivity contribution < 1.29 is 14.7 Å². The third kappa shape index (κ3) is 4.56. The number of hydrogen-bond donors (Lipinski definition) is 2. The van der Waals surface area contributed by atoms with Crippen molar-refractivity contribution in [3.05, 3.63) is 35.9 Å². The molecule has 0 heterocycles. The Morgan fingerprint density at radius 3 is 2.47 bits per heavy atom. The highest BCUT2D eigenvalue weighted by Gasteiger charge is 2.10. The van der Waals surface area contributed by atoms with E-state index < -0.39 is 18.4 Å². The van der Waals surface area contributed by atoms with Crippen LogP contribution < -0.4 is 5.32 Å². The zero-order valence-corrected chi connectivity index (χ0v) is 9.51. The Kier molecular flexibility index (Phi) is 5.03. The van der Waals surface area contributed by atoms with Crippen molar-refractivity contribution >= 4 is 17.5 Å². The van der Waals surface area contributed by atoms with Gasteiger partial charge in [-0.2, -0.15) is 0 Å². The molecule has 0 aliphatic carbocycles.